The number of ether oxygens (including phenoxy) is 3. The molecule has 1 atom stereocenters. The molecule has 0 unspecified atom stereocenters. The minimum atomic E-state index is -0.119. The fourth-order valence-corrected chi connectivity index (χ4v) is 4.25. The summed E-state index contributed by atoms with van der Waals surface area (Å²) in [7, 11) is 1.43. The zero-order valence-electron chi connectivity index (χ0n) is 18.7. The van der Waals surface area contributed by atoms with Gasteiger partial charge >= 0.3 is 5.97 Å². The van der Waals surface area contributed by atoms with Crippen LogP contribution in [0.4, 0.5) is 5.69 Å². The van der Waals surface area contributed by atoms with E-state index in [1.165, 1.54) is 7.11 Å². The van der Waals surface area contributed by atoms with Gasteiger partial charge in [0, 0.05) is 24.7 Å². The van der Waals surface area contributed by atoms with Gasteiger partial charge in [0.2, 0.25) is 0 Å². The van der Waals surface area contributed by atoms with Gasteiger partial charge in [-0.25, -0.2) is 4.99 Å². The highest BCUT2D eigenvalue weighted by atomic mass is 35.5. The number of esters is 1. The van der Waals surface area contributed by atoms with E-state index in [0.717, 1.165) is 47.4 Å². The van der Waals surface area contributed by atoms with Crippen molar-refractivity contribution in [1.82, 2.24) is 10.2 Å². The second kappa shape index (κ2) is 9.75. The summed E-state index contributed by atoms with van der Waals surface area (Å²) in [5.74, 6) is 2.89. The SMILES string of the molecule is COC(=[OH+])c1ccc(OC[C@H]2CN(C3=Nc4ccccc4Oc4ccc(Cl)cc43)CCN2)cc1. The predicted molar refractivity (Wildman–Crippen MR) is 133 cm³/mol. The summed E-state index contributed by atoms with van der Waals surface area (Å²) in [6, 6.07) is 20.6. The van der Waals surface area contributed by atoms with E-state index < -0.39 is 0 Å². The summed E-state index contributed by atoms with van der Waals surface area (Å²) >= 11 is 6.35. The Labute approximate surface area is 202 Å². The maximum atomic E-state index is 9.68. The normalized spacial score (nSPS) is 16.9. The third kappa shape index (κ3) is 4.71. The van der Waals surface area contributed by atoms with Crippen molar-refractivity contribution < 1.29 is 19.0 Å². The number of nitrogens with one attached hydrogen (secondary N) is 1. The molecular formula is C26H25ClN3O4+. The fraction of sp³-hybridized carbons (Fsp3) is 0.231. The molecule has 8 heteroatoms. The summed E-state index contributed by atoms with van der Waals surface area (Å²) < 4.78 is 17.0. The quantitative estimate of drug-likeness (QED) is 0.445. The van der Waals surface area contributed by atoms with Gasteiger partial charge in [0.25, 0.3) is 0 Å². The predicted octanol–water partition coefficient (Wildman–Crippen LogP) is 4.37. The van der Waals surface area contributed by atoms with Crippen LogP contribution >= 0.6 is 11.6 Å². The Morgan fingerprint density at radius 1 is 1.15 bits per heavy atom. The first kappa shape index (κ1) is 22.3. The maximum Gasteiger partial charge on any atom is 0.517 e. The number of piperazine rings is 1. The lowest BCUT2D eigenvalue weighted by molar-refractivity contribution is 0.206. The number of para-hydroxylation sites is 2. The Hall–Kier alpha value is -3.55. The number of methoxy groups -OCH3 is 1. The highest BCUT2D eigenvalue weighted by molar-refractivity contribution is 6.31. The van der Waals surface area contributed by atoms with Crippen LogP contribution < -0.4 is 14.8 Å². The van der Waals surface area contributed by atoms with Crippen LogP contribution in [-0.4, -0.2) is 60.9 Å². The second-order valence-corrected chi connectivity index (χ2v) is 8.52. The number of nitrogens with zero attached hydrogens (tertiary/aromatic N) is 2. The number of aliphatic imine (C=N–C) groups is 1. The number of hydrogen-bond donors (Lipinski definition) is 1. The van der Waals surface area contributed by atoms with E-state index in [1.807, 2.05) is 54.6 Å². The van der Waals surface area contributed by atoms with E-state index in [0.29, 0.717) is 23.7 Å². The van der Waals surface area contributed by atoms with Crippen LogP contribution in [0.5, 0.6) is 17.2 Å². The minimum Gasteiger partial charge on any atom is -0.492 e. The van der Waals surface area contributed by atoms with Crippen LogP contribution in [-0.2, 0) is 4.74 Å². The topological polar surface area (TPSA) is 76.7 Å². The van der Waals surface area contributed by atoms with Crippen molar-refractivity contribution in [3.8, 4) is 17.2 Å². The van der Waals surface area contributed by atoms with Crippen molar-refractivity contribution in [1.29, 1.82) is 0 Å². The van der Waals surface area contributed by atoms with Gasteiger partial charge in [-0.15, -0.1) is 0 Å². The minimum absolute atomic E-state index is 0.0946. The van der Waals surface area contributed by atoms with Crippen molar-refractivity contribution >= 4 is 29.1 Å². The number of rotatable bonds is 4. The second-order valence-electron chi connectivity index (χ2n) is 8.09. The molecule has 5 rings (SSSR count). The van der Waals surface area contributed by atoms with Crippen molar-refractivity contribution in [3.05, 3.63) is 82.9 Å². The van der Waals surface area contributed by atoms with Gasteiger partial charge in [0.15, 0.2) is 12.9 Å². The molecule has 2 aliphatic rings. The number of hydrogen-bond acceptors (Lipinski definition) is 6. The van der Waals surface area contributed by atoms with E-state index >= 15 is 0 Å². The number of halogens is 1. The average Bonchev–Trinajstić information content (AvgIpc) is 3.04. The fourth-order valence-electron chi connectivity index (χ4n) is 4.07. The van der Waals surface area contributed by atoms with Crippen LogP contribution in [0.3, 0.4) is 0 Å². The number of fused-ring (bicyclic) bond motifs is 2. The number of amidine groups is 1. The zero-order valence-corrected chi connectivity index (χ0v) is 19.5. The van der Waals surface area contributed by atoms with E-state index in [4.69, 9.17) is 30.8 Å². The molecule has 3 aromatic carbocycles. The highest BCUT2D eigenvalue weighted by Crippen LogP contribution is 2.39. The molecule has 0 saturated carbocycles. The molecule has 0 aromatic heterocycles. The molecule has 0 aliphatic carbocycles. The molecule has 1 fully saturated rings. The van der Waals surface area contributed by atoms with E-state index in [-0.39, 0.29) is 12.0 Å². The molecule has 0 bridgehead atoms. The first-order valence-electron chi connectivity index (χ1n) is 11.1. The molecule has 0 spiro atoms. The lowest BCUT2D eigenvalue weighted by atomic mass is 10.1. The summed E-state index contributed by atoms with van der Waals surface area (Å²) in [6.45, 7) is 2.78. The number of carbonyl (C=O) groups excluding carboxylic acids is 1. The Kier molecular flexibility index (Phi) is 6.38. The van der Waals surface area contributed by atoms with Gasteiger partial charge in [-0.1, -0.05) is 23.7 Å². The molecule has 7 nitrogen and oxygen atoms in total. The van der Waals surface area contributed by atoms with Crippen molar-refractivity contribution in [3.63, 3.8) is 0 Å². The van der Waals surface area contributed by atoms with Crippen LogP contribution in [0.25, 0.3) is 0 Å². The monoisotopic (exact) mass is 478 g/mol. The third-order valence-electron chi connectivity index (χ3n) is 5.79. The first-order valence-corrected chi connectivity index (χ1v) is 11.5. The van der Waals surface area contributed by atoms with E-state index in [2.05, 4.69) is 10.2 Å². The van der Waals surface area contributed by atoms with Gasteiger partial charge in [-0.2, -0.15) is 0 Å². The zero-order chi connectivity index (χ0) is 23.5. The largest absolute Gasteiger partial charge is 0.517 e. The summed E-state index contributed by atoms with van der Waals surface area (Å²) in [4.78, 5) is 16.9. The number of benzene rings is 3. The first-order chi connectivity index (χ1) is 16.6. The molecule has 2 N–H and O–H groups in total. The van der Waals surface area contributed by atoms with Gasteiger partial charge in [-0.3, -0.25) is 0 Å². The van der Waals surface area contributed by atoms with Gasteiger partial charge < -0.3 is 29.2 Å². The van der Waals surface area contributed by atoms with Crippen LogP contribution in [0.15, 0.2) is 71.7 Å². The Bertz CT molecular complexity index is 1230. The molecule has 174 valence electrons. The van der Waals surface area contributed by atoms with Crippen LogP contribution in [0.1, 0.15) is 11.1 Å². The standard InChI is InChI=1S/C26H24ClN3O4/c1-32-26(31)17-6-9-20(10-7-17)33-16-19-15-30(13-12-28-19)25-21-14-18(27)8-11-23(21)34-24-5-3-2-4-22(24)29-25/h2-11,14,19,28H,12-13,15-16H2,1H3/p+1/t19-/m1/s1. The Balaban J connectivity index is 1.34. The highest BCUT2D eigenvalue weighted by Gasteiger charge is 2.27. The lowest BCUT2D eigenvalue weighted by Gasteiger charge is -2.35. The molecular weight excluding hydrogens is 454 g/mol. The maximum absolute atomic E-state index is 9.68. The van der Waals surface area contributed by atoms with Crippen LogP contribution in [0, 0.1) is 0 Å². The third-order valence-corrected chi connectivity index (χ3v) is 6.03. The summed E-state index contributed by atoms with van der Waals surface area (Å²) in [5.41, 5.74) is 2.26. The Morgan fingerprint density at radius 3 is 2.79 bits per heavy atom. The molecule has 1 saturated heterocycles. The summed E-state index contributed by atoms with van der Waals surface area (Å²) in [6.07, 6.45) is 0. The molecule has 0 radical (unpaired) electrons. The Morgan fingerprint density at radius 2 is 1.97 bits per heavy atom. The smallest absolute Gasteiger partial charge is 0.492 e. The molecule has 2 heterocycles. The molecule has 3 aromatic rings. The van der Waals surface area contributed by atoms with Crippen LogP contribution in [0.2, 0.25) is 5.02 Å². The lowest BCUT2D eigenvalue weighted by Crippen LogP contribution is -2.54. The van der Waals surface area contributed by atoms with Crippen molar-refractivity contribution in [2.75, 3.05) is 33.4 Å². The summed E-state index contributed by atoms with van der Waals surface area (Å²) in [5, 5.41) is 4.16. The molecule has 34 heavy (non-hydrogen) atoms. The van der Waals surface area contributed by atoms with E-state index in [1.54, 1.807) is 12.1 Å². The van der Waals surface area contributed by atoms with Crippen molar-refractivity contribution in [2.45, 2.75) is 6.04 Å². The molecule has 0 amide bonds. The van der Waals surface area contributed by atoms with Gasteiger partial charge in [0.1, 0.15) is 35.2 Å². The van der Waals surface area contributed by atoms with Crippen molar-refractivity contribution in [2.24, 2.45) is 4.99 Å². The van der Waals surface area contributed by atoms with Gasteiger partial charge in [0.05, 0.1) is 11.6 Å². The van der Waals surface area contributed by atoms with E-state index in [9.17, 15) is 4.79 Å². The average molecular weight is 479 g/mol. The van der Waals surface area contributed by atoms with Gasteiger partial charge in [-0.05, 0) is 54.6 Å². The molecule has 2 aliphatic heterocycles.